The maximum absolute atomic E-state index is 12.2. The van der Waals surface area contributed by atoms with E-state index in [1.54, 1.807) is 24.3 Å². The van der Waals surface area contributed by atoms with Gasteiger partial charge in [-0.3, -0.25) is 20.4 Å². The number of carbonyl (C=O) groups is 2. The van der Waals surface area contributed by atoms with Crippen molar-refractivity contribution in [2.75, 3.05) is 13.2 Å². The quantitative estimate of drug-likeness (QED) is 0.275. The van der Waals surface area contributed by atoms with E-state index in [0.29, 0.717) is 17.9 Å². The van der Waals surface area contributed by atoms with Crippen molar-refractivity contribution < 1.29 is 19.1 Å². The van der Waals surface area contributed by atoms with E-state index < -0.39 is 11.8 Å². The molecule has 0 aromatic heterocycles. The highest BCUT2D eigenvalue weighted by Crippen LogP contribution is 2.32. The molecule has 2 aromatic rings. The Morgan fingerprint density at radius 3 is 2.32 bits per heavy atom. The average Bonchev–Trinajstić information content (AvgIpc) is 2.74. The van der Waals surface area contributed by atoms with Crippen LogP contribution in [0.5, 0.6) is 11.5 Å². The number of carbonyl (C=O) groups excluding carboxylic acids is 2. The van der Waals surface area contributed by atoms with Gasteiger partial charge in [0.2, 0.25) is 0 Å². The van der Waals surface area contributed by atoms with Crippen LogP contribution in [0.25, 0.3) is 0 Å². The fourth-order valence-corrected chi connectivity index (χ4v) is 4.40. The third kappa shape index (κ3) is 8.91. The average molecular weight is 556 g/mol. The topological polar surface area (TPSA) is 76.7 Å². The Balaban J connectivity index is 1.72. The van der Waals surface area contributed by atoms with Gasteiger partial charge >= 0.3 is 0 Å². The molecule has 0 radical (unpaired) electrons. The van der Waals surface area contributed by atoms with Gasteiger partial charge in [-0.05, 0) is 71.2 Å². The Morgan fingerprint density at radius 1 is 0.935 bits per heavy atom. The number of aryl methyl sites for hydroxylation is 1. The number of nitrogens with one attached hydrogen (secondary N) is 2. The molecule has 0 fully saturated rings. The molecule has 2 amide bonds. The normalized spacial score (nSPS) is 10.5. The summed E-state index contributed by atoms with van der Waals surface area (Å²) in [5.41, 5.74) is 6.04. The number of hydrogen-bond donors (Lipinski definition) is 2. The zero-order chi connectivity index (χ0) is 22.6. The second-order valence-electron chi connectivity index (χ2n) is 7.11. The van der Waals surface area contributed by atoms with E-state index in [1.807, 2.05) is 19.1 Å². The van der Waals surface area contributed by atoms with Crippen LogP contribution in [-0.2, 0) is 4.79 Å². The van der Waals surface area contributed by atoms with Gasteiger partial charge in [-0.15, -0.1) is 0 Å². The summed E-state index contributed by atoms with van der Waals surface area (Å²) >= 11 is 6.81. The van der Waals surface area contributed by atoms with E-state index in [1.165, 1.54) is 19.3 Å². The van der Waals surface area contributed by atoms with Crippen LogP contribution in [0.15, 0.2) is 45.3 Å². The summed E-state index contributed by atoms with van der Waals surface area (Å²) in [5.74, 6) is 0.414. The molecule has 168 valence electrons. The van der Waals surface area contributed by atoms with Crippen molar-refractivity contribution >= 4 is 43.7 Å². The maximum Gasteiger partial charge on any atom is 0.276 e. The van der Waals surface area contributed by atoms with E-state index in [0.717, 1.165) is 33.1 Å². The lowest BCUT2D eigenvalue weighted by molar-refractivity contribution is -0.123. The fraction of sp³-hybridized carbons (Fsp3) is 0.391. The number of unbranched alkanes of at least 4 members (excludes halogenated alkanes) is 4. The smallest absolute Gasteiger partial charge is 0.276 e. The van der Waals surface area contributed by atoms with Crippen LogP contribution in [0.3, 0.4) is 0 Å². The molecule has 2 rings (SSSR count). The molecule has 31 heavy (non-hydrogen) atoms. The van der Waals surface area contributed by atoms with Crippen LogP contribution in [-0.4, -0.2) is 25.0 Å². The summed E-state index contributed by atoms with van der Waals surface area (Å²) in [6, 6.07) is 10.5. The van der Waals surface area contributed by atoms with Gasteiger partial charge in [0.15, 0.2) is 6.61 Å². The van der Waals surface area contributed by atoms with Gasteiger partial charge in [-0.2, -0.15) is 0 Å². The van der Waals surface area contributed by atoms with E-state index in [9.17, 15) is 9.59 Å². The molecule has 0 spiro atoms. The molecule has 8 heteroatoms. The van der Waals surface area contributed by atoms with E-state index in [4.69, 9.17) is 9.47 Å². The lowest BCUT2D eigenvalue weighted by Gasteiger charge is -2.12. The molecular formula is C23H28Br2N2O4. The summed E-state index contributed by atoms with van der Waals surface area (Å²) in [6.45, 7) is 4.51. The van der Waals surface area contributed by atoms with Crippen molar-refractivity contribution in [3.05, 3.63) is 56.5 Å². The minimum atomic E-state index is -0.467. The number of rotatable bonds is 11. The molecule has 2 N–H and O–H groups in total. The van der Waals surface area contributed by atoms with Gasteiger partial charge < -0.3 is 9.47 Å². The molecule has 0 unspecified atom stereocenters. The molecule has 6 nitrogen and oxygen atoms in total. The van der Waals surface area contributed by atoms with Crippen LogP contribution in [0.4, 0.5) is 0 Å². The van der Waals surface area contributed by atoms with Gasteiger partial charge in [0.05, 0.1) is 11.1 Å². The third-order valence-electron chi connectivity index (χ3n) is 4.49. The number of hydrogen-bond acceptors (Lipinski definition) is 4. The second-order valence-corrected chi connectivity index (χ2v) is 8.88. The lowest BCUT2D eigenvalue weighted by atomic mass is 10.2. The first kappa shape index (κ1) is 25.2. The highest BCUT2D eigenvalue weighted by Gasteiger charge is 2.11. The third-order valence-corrected chi connectivity index (χ3v) is 5.54. The van der Waals surface area contributed by atoms with Crippen LogP contribution in [0.2, 0.25) is 0 Å². The maximum atomic E-state index is 12.2. The highest BCUT2D eigenvalue weighted by molar-refractivity contribution is 9.11. The minimum Gasteiger partial charge on any atom is -0.494 e. The zero-order valence-corrected chi connectivity index (χ0v) is 21.0. The molecule has 0 aliphatic heterocycles. The second kappa shape index (κ2) is 13.4. The van der Waals surface area contributed by atoms with Crippen molar-refractivity contribution in [3.63, 3.8) is 0 Å². The monoisotopic (exact) mass is 554 g/mol. The molecular weight excluding hydrogens is 528 g/mol. The molecule has 0 aliphatic carbocycles. The van der Waals surface area contributed by atoms with Gasteiger partial charge in [-0.25, -0.2) is 0 Å². The van der Waals surface area contributed by atoms with Gasteiger partial charge in [0, 0.05) is 10.0 Å². The van der Waals surface area contributed by atoms with Crippen LogP contribution in [0, 0.1) is 6.92 Å². The predicted octanol–water partition coefficient (Wildman–Crippen LogP) is 5.71. The Hall–Kier alpha value is -2.06. The number of halogens is 2. The summed E-state index contributed by atoms with van der Waals surface area (Å²) in [4.78, 5) is 24.2. The molecule has 0 saturated heterocycles. The van der Waals surface area contributed by atoms with Crippen molar-refractivity contribution in [3.8, 4) is 11.5 Å². The Morgan fingerprint density at radius 2 is 1.65 bits per heavy atom. The van der Waals surface area contributed by atoms with E-state index >= 15 is 0 Å². The van der Waals surface area contributed by atoms with Gasteiger partial charge in [-0.1, -0.05) is 48.5 Å². The summed E-state index contributed by atoms with van der Waals surface area (Å²) < 4.78 is 12.9. The van der Waals surface area contributed by atoms with Crippen LogP contribution in [0.1, 0.15) is 54.9 Å². The van der Waals surface area contributed by atoms with E-state index in [-0.39, 0.29) is 6.61 Å². The zero-order valence-electron chi connectivity index (χ0n) is 17.8. The van der Waals surface area contributed by atoms with Crippen LogP contribution < -0.4 is 20.3 Å². The summed E-state index contributed by atoms with van der Waals surface area (Å²) in [6.07, 6.45) is 5.90. The molecule has 0 saturated carbocycles. The first-order valence-electron chi connectivity index (χ1n) is 10.3. The Labute approximate surface area is 200 Å². The van der Waals surface area contributed by atoms with Crippen molar-refractivity contribution in [2.24, 2.45) is 0 Å². The molecule has 0 bridgehead atoms. The predicted molar refractivity (Wildman–Crippen MR) is 128 cm³/mol. The SMILES string of the molecule is CCCCCCCOc1ccc(C(=O)NNC(=O)COc2c(C)cc(Br)cc2Br)cc1. The Bertz CT molecular complexity index is 849. The number of benzene rings is 2. The largest absolute Gasteiger partial charge is 0.494 e. The first-order valence-corrected chi connectivity index (χ1v) is 11.9. The summed E-state index contributed by atoms with van der Waals surface area (Å²) in [7, 11) is 0. The van der Waals surface area contributed by atoms with Crippen molar-refractivity contribution in [1.82, 2.24) is 10.9 Å². The standard InChI is InChI=1S/C23H28Br2N2O4/c1-3-4-5-6-7-12-30-19-10-8-17(9-11-19)23(29)27-26-21(28)15-31-22-16(2)13-18(24)14-20(22)25/h8-11,13-14H,3-7,12,15H2,1-2H3,(H,26,28)(H,27,29). The van der Waals surface area contributed by atoms with Gasteiger partial charge in [0.1, 0.15) is 11.5 Å². The fourth-order valence-electron chi connectivity index (χ4n) is 2.84. The number of hydrazine groups is 1. The number of amides is 2. The molecule has 0 atom stereocenters. The molecule has 0 heterocycles. The van der Waals surface area contributed by atoms with E-state index in [2.05, 4.69) is 49.6 Å². The lowest BCUT2D eigenvalue weighted by Crippen LogP contribution is -2.43. The first-order chi connectivity index (χ1) is 14.9. The van der Waals surface area contributed by atoms with Crippen LogP contribution >= 0.6 is 31.9 Å². The molecule has 0 aliphatic rings. The molecule has 2 aromatic carbocycles. The summed E-state index contributed by atoms with van der Waals surface area (Å²) in [5, 5.41) is 0. The van der Waals surface area contributed by atoms with Gasteiger partial charge in [0.25, 0.3) is 11.8 Å². The van der Waals surface area contributed by atoms with Crippen molar-refractivity contribution in [1.29, 1.82) is 0 Å². The Kier molecular flexibility index (Phi) is 10.9. The minimum absolute atomic E-state index is 0.230. The van der Waals surface area contributed by atoms with Crippen molar-refractivity contribution in [2.45, 2.75) is 46.0 Å². The number of ether oxygens (including phenoxy) is 2. The highest BCUT2D eigenvalue weighted by atomic mass is 79.9.